The predicted molar refractivity (Wildman–Crippen MR) is 59.6 cm³/mol. The van der Waals surface area contributed by atoms with E-state index in [9.17, 15) is 21.6 Å². The van der Waals surface area contributed by atoms with Gasteiger partial charge in [0.05, 0.1) is 5.56 Å². The number of hydrogen-bond donors (Lipinski definition) is 0. The van der Waals surface area contributed by atoms with Crippen LogP contribution in [0, 0.1) is 35.6 Å². The summed E-state index contributed by atoms with van der Waals surface area (Å²) in [5.74, 6) is -1.65. The third-order valence-electron chi connectivity index (χ3n) is 2.21. The minimum Gasteiger partial charge on any atom is -0.224 e. The molecule has 11 heteroatoms. The summed E-state index contributed by atoms with van der Waals surface area (Å²) in [7, 11) is -4.21. The van der Waals surface area contributed by atoms with Gasteiger partial charge in [0.25, 0.3) is 0 Å². The second-order valence-corrected chi connectivity index (χ2v) is 5.63. The van der Waals surface area contributed by atoms with Gasteiger partial charge < -0.3 is 0 Å². The highest BCUT2D eigenvalue weighted by molar-refractivity contribution is 7.90. The van der Waals surface area contributed by atoms with Crippen molar-refractivity contribution in [3.05, 3.63) is 30.0 Å². The van der Waals surface area contributed by atoms with E-state index in [2.05, 4.69) is 19.9 Å². The third kappa shape index (κ3) is 2.79. The van der Waals surface area contributed by atoms with Crippen molar-refractivity contribution < 1.29 is 21.6 Å². The maximum absolute atomic E-state index is 13.6. The summed E-state index contributed by atoms with van der Waals surface area (Å²) in [6.07, 6.45) is -0.313. The quantitative estimate of drug-likeness (QED) is 0.584. The van der Waals surface area contributed by atoms with E-state index < -0.39 is 49.8 Å². The van der Waals surface area contributed by atoms with Crippen molar-refractivity contribution in [2.75, 3.05) is 6.26 Å². The van der Waals surface area contributed by atoms with Gasteiger partial charge in [-0.25, -0.2) is 13.4 Å². The fourth-order valence-corrected chi connectivity index (χ4v) is 2.32. The van der Waals surface area contributed by atoms with Crippen molar-refractivity contribution >= 4 is 9.84 Å². The second-order valence-electron chi connectivity index (χ2n) is 3.67. The number of hydrogen-bond acceptors (Lipinski definition) is 7. The molecule has 1 radical (unpaired) electrons. The molecule has 0 saturated heterocycles. The van der Waals surface area contributed by atoms with Crippen molar-refractivity contribution in [3.63, 3.8) is 0 Å². The lowest BCUT2D eigenvalue weighted by Crippen LogP contribution is -2.11. The summed E-state index contributed by atoms with van der Waals surface area (Å²) in [6.45, 7) is 0. The van der Waals surface area contributed by atoms with E-state index >= 15 is 0 Å². The van der Waals surface area contributed by atoms with Gasteiger partial charge in [-0.1, -0.05) is 0 Å². The van der Waals surface area contributed by atoms with Gasteiger partial charge >= 0.3 is 12.2 Å². The summed E-state index contributed by atoms with van der Waals surface area (Å²) >= 11 is 0. The maximum Gasteiger partial charge on any atom is 0.311 e. The standard InChI is InChI=1S/C10H3F3N5O2S/c1-21(19,20)7-6(17-10(13)18-8(7)11)4-3-15-9(12)16-5(4)2-14/h1H3. The number of nitriles is 1. The smallest absolute Gasteiger partial charge is 0.224 e. The van der Waals surface area contributed by atoms with E-state index in [4.69, 9.17) is 5.26 Å². The van der Waals surface area contributed by atoms with E-state index in [0.29, 0.717) is 6.26 Å². The van der Waals surface area contributed by atoms with Crippen LogP contribution in [-0.2, 0) is 9.84 Å². The molecule has 7 nitrogen and oxygen atoms in total. The summed E-state index contributed by atoms with van der Waals surface area (Å²) in [5, 5.41) is 8.83. The summed E-state index contributed by atoms with van der Waals surface area (Å²) in [4.78, 5) is 10.8. The van der Waals surface area contributed by atoms with Gasteiger partial charge in [0.2, 0.25) is 5.95 Å². The Kier molecular flexibility index (Phi) is 3.56. The molecule has 0 bridgehead atoms. The molecule has 107 valence electrons. The van der Waals surface area contributed by atoms with Crippen LogP contribution in [0.1, 0.15) is 5.69 Å². The Morgan fingerprint density at radius 1 is 1.14 bits per heavy atom. The first-order chi connectivity index (χ1) is 9.74. The van der Waals surface area contributed by atoms with Gasteiger partial charge in [0.15, 0.2) is 15.5 Å². The normalized spacial score (nSPS) is 11.2. The zero-order chi connectivity index (χ0) is 15.8. The third-order valence-corrected chi connectivity index (χ3v) is 3.31. The van der Waals surface area contributed by atoms with E-state index in [1.807, 2.05) is 6.20 Å². The van der Waals surface area contributed by atoms with E-state index in [1.54, 1.807) is 0 Å². The fourth-order valence-electron chi connectivity index (χ4n) is 1.47. The lowest BCUT2D eigenvalue weighted by molar-refractivity contribution is 0.464. The fraction of sp³-hybridized carbons (Fsp3) is 0.100. The van der Waals surface area contributed by atoms with Crippen LogP contribution in [0.3, 0.4) is 0 Å². The van der Waals surface area contributed by atoms with Crippen LogP contribution >= 0.6 is 0 Å². The molecule has 2 heterocycles. The number of halogens is 3. The number of aromatic nitrogens is 4. The maximum atomic E-state index is 13.6. The van der Waals surface area contributed by atoms with Crippen molar-refractivity contribution in [1.29, 1.82) is 5.26 Å². The average Bonchev–Trinajstić information content (AvgIpc) is 2.35. The molecule has 2 rings (SSSR count). The molecule has 0 atom stereocenters. The Bertz CT molecular complexity index is 879. The van der Waals surface area contributed by atoms with Crippen LogP contribution in [0.15, 0.2) is 4.90 Å². The predicted octanol–water partition coefficient (Wildman–Crippen LogP) is 0.426. The Balaban J connectivity index is 2.91. The monoisotopic (exact) mass is 314 g/mol. The zero-order valence-corrected chi connectivity index (χ0v) is 10.9. The topological polar surface area (TPSA) is 109 Å². The van der Waals surface area contributed by atoms with Gasteiger partial charge in [-0.15, -0.1) is 0 Å². The van der Waals surface area contributed by atoms with Crippen LogP contribution in [-0.4, -0.2) is 34.6 Å². The van der Waals surface area contributed by atoms with Crippen LogP contribution in [0.2, 0.25) is 0 Å². The van der Waals surface area contributed by atoms with Gasteiger partial charge in [-0.3, -0.25) is 0 Å². The van der Waals surface area contributed by atoms with Gasteiger partial charge in [0.1, 0.15) is 22.9 Å². The first-order valence-corrected chi connectivity index (χ1v) is 6.92. The highest BCUT2D eigenvalue weighted by atomic mass is 32.2. The van der Waals surface area contributed by atoms with Crippen molar-refractivity contribution in [3.8, 4) is 17.3 Å². The average molecular weight is 314 g/mol. The Labute approximate surface area is 116 Å². The van der Waals surface area contributed by atoms with Crippen LogP contribution in [0.25, 0.3) is 11.3 Å². The number of nitrogens with zero attached hydrogens (tertiary/aromatic N) is 5. The SMILES string of the molecule is CS(=O)(=O)c1c(F)nc(F)nc1-c1[c]nc(F)nc1C#N. The van der Waals surface area contributed by atoms with E-state index in [-0.39, 0.29) is 0 Å². The molecule has 0 aliphatic rings. The Morgan fingerprint density at radius 2 is 1.81 bits per heavy atom. The van der Waals surface area contributed by atoms with E-state index in [1.165, 1.54) is 6.07 Å². The molecule has 2 aromatic rings. The molecule has 0 aliphatic heterocycles. The minimum atomic E-state index is -4.21. The largest absolute Gasteiger partial charge is 0.311 e. The first-order valence-electron chi connectivity index (χ1n) is 5.03. The molecular weight excluding hydrogens is 311 g/mol. The lowest BCUT2D eigenvalue weighted by atomic mass is 10.1. The van der Waals surface area contributed by atoms with Gasteiger partial charge in [-0.2, -0.15) is 33.4 Å². The van der Waals surface area contributed by atoms with Gasteiger partial charge in [0, 0.05) is 6.26 Å². The molecule has 0 saturated carbocycles. The lowest BCUT2D eigenvalue weighted by Gasteiger charge is -2.07. The van der Waals surface area contributed by atoms with Crippen molar-refractivity contribution in [2.24, 2.45) is 0 Å². The molecule has 2 aromatic heterocycles. The number of rotatable bonds is 2. The molecule has 0 N–H and O–H groups in total. The summed E-state index contributed by atoms with van der Waals surface area (Å²) in [5.41, 5.74) is -2.04. The van der Waals surface area contributed by atoms with E-state index in [0.717, 1.165) is 0 Å². The van der Waals surface area contributed by atoms with Crippen molar-refractivity contribution in [2.45, 2.75) is 4.90 Å². The van der Waals surface area contributed by atoms with Crippen LogP contribution in [0.4, 0.5) is 13.2 Å². The Morgan fingerprint density at radius 3 is 2.38 bits per heavy atom. The number of sulfone groups is 1. The molecule has 0 fully saturated rings. The molecule has 0 spiro atoms. The highest BCUT2D eigenvalue weighted by Gasteiger charge is 2.27. The molecule has 21 heavy (non-hydrogen) atoms. The molecule has 0 aromatic carbocycles. The molecule has 0 amide bonds. The van der Waals surface area contributed by atoms with Crippen LogP contribution in [0.5, 0.6) is 0 Å². The van der Waals surface area contributed by atoms with Gasteiger partial charge in [-0.05, 0) is 0 Å². The highest BCUT2D eigenvalue weighted by Crippen LogP contribution is 2.28. The summed E-state index contributed by atoms with van der Waals surface area (Å²) in [6, 6.07) is 1.43. The second kappa shape index (κ2) is 5.06. The first kappa shape index (κ1) is 14.8. The molecule has 0 unspecified atom stereocenters. The summed E-state index contributed by atoms with van der Waals surface area (Å²) < 4.78 is 62.7. The van der Waals surface area contributed by atoms with Crippen molar-refractivity contribution in [1.82, 2.24) is 19.9 Å². The van der Waals surface area contributed by atoms with Crippen LogP contribution < -0.4 is 0 Å². The Hall–Kier alpha value is -2.61. The minimum absolute atomic E-state index is 0.556. The molecular formula is C10H3F3N5O2S. The molecule has 0 aliphatic carbocycles. The zero-order valence-electron chi connectivity index (χ0n) is 10.1.